The van der Waals surface area contributed by atoms with E-state index in [2.05, 4.69) is 98.8 Å². The molecule has 0 amide bonds. The number of rotatable bonds is 2. The molecule has 1 spiro atoms. The van der Waals surface area contributed by atoms with Crippen molar-refractivity contribution in [3.63, 3.8) is 0 Å². The fraction of sp³-hybridized carbons (Fsp3) is 0.111. The zero-order valence-corrected chi connectivity index (χ0v) is 22.0. The molecule has 0 aliphatic heterocycles. The van der Waals surface area contributed by atoms with Crippen LogP contribution in [0.5, 0.6) is 0 Å². The Morgan fingerprint density at radius 3 is 1.62 bits per heavy atom. The third-order valence-electron chi connectivity index (χ3n) is 8.56. The van der Waals surface area contributed by atoms with Gasteiger partial charge in [0.25, 0.3) is 0 Å². The van der Waals surface area contributed by atoms with E-state index in [1.54, 1.807) is 0 Å². The minimum absolute atomic E-state index is 0.0318. The number of benzene rings is 5. The molecule has 39 heavy (non-hydrogen) atoms. The third kappa shape index (κ3) is 3.17. The van der Waals surface area contributed by atoms with E-state index in [1.807, 2.05) is 36.4 Å². The van der Waals surface area contributed by atoms with Gasteiger partial charge in [0.15, 0.2) is 0 Å². The normalized spacial score (nSPS) is 15.0. The molecule has 0 saturated heterocycles. The molecule has 0 radical (unpaired) electrons. The summed E-state index contributed by atoms with van der Waals surface area (Å²) in [6.07, 6.45) is 0. The van der Waals surface area contributed by atoms with Crippen molar-refractivity contribution >= 4 is 11.8 Å². The first kappa shape index (κ1) is 23.4. The minimum Gasteiger partial charge on any atom is -0.421 e. The van der Waals surface area contributed by atoms with Crippen LogP contribution in [-0.4, -0.2) is 11.8 Å². The van der Waals surface area contributed by atoms with E-state index < -0.39 is 5.41 Å². The van der Waals surface area contributed by atoms with Crippen molar-refractivity contribution in [1.82, 2.24) is 0 Å². The van der Waals surface area contributed by atoms with Crippen molar-refractivity contribution in [2.75, 3.05) is 0 Å². The average molecular weight is 505 g/mol. The Labute approximate surface area is 228 Å². The maximum atomic E-state index is 8.72. The van der Waals surface area contributed by atoms with Crippen molar-refractivity contribution in [2.45, 2.75) is 24.7 Å². The predicted molar refractivity (Wildman–Crippen MR) is 157 cm³/mol. The first-order valence-electron chi connectivity index (χ1n) is 13.3. The summed E-state index contributed by atoms with van der Waals surface area (Å²) in [7, 11) is 0. The first-order valence-corrected chi connectivity index (χ1v) is 13.3. The van der Waals surface area contributed by atoms with Gasteiger partial charge in [0.2, 0.25) is 11.8 Å². The lowest BCUT2D eigenvalue weighted by atomic mass is 9.55. The molecule has 2 aliphatic rings. The van der Waals surface area contributed by atoms with Crippen molar-refractivity contribution in [3.8, 4) is 11.1 Å². The fourth-order valence-electron chi connectivity index (χ4n) is 6.82. The Kier molecular flexibility index (Phi) is 5.02. The molecule has 5 aromatic carbocycles. The van der Waals surface area contributed by atoms with E-state index in [0.717, 1.165) is 5.56 Å². The van der Waals surface area contributed by atoms with Crippen LogP contribution in [0.1, 0.15) is 58.4 Å². The second kappa shape index (κ2) is 8.37. The quantitative estimate of drug-likeness (QED) is 0.182. The highest BCUT2D eigenvalue weighted by Gasteiger charge is 2.53. The van der Waals surface area contributed by atoms with Crippen LogP contribution in [-0.2, 0) is 15.6 Å². The Bertz CT molecular complexity index is 1750. The minimum atomic E-state index is -0.451. The zero-order valence-electron chi connectivity index (χ0n) is 22.0. The molecule has 0 saturated carbocycles. The van der Waals surface area contributed by atoms with E-state index in [-0.39, 0.29) is 17.2 Å². The molecular weight excluding hydrogens is 476 g/mol. The number of hydrogen-bond acceptors (Lipinski definition) is 3. The van der Waals surface area contributed by atoms with Gasteiger partial charge in [0.05, 0.1) is 5.41 Å². The zero-order chi connectivity index (χ0) is 26.8. The van der Waals surface area contributed by atoms with Gasteiger partial charge in [0, 0.05) is 16.5 Å². The number of fused-ring (bicyclic) bond motifs is 9. The highest BCUT2D eigenvalue weighted by molar-refractivity contribution is 6.05. The second-order valence-corrected chi connectivity index (χ2v) is 10.9. The Morgan fingerprint density at radius 2 is 0.974 bits per heavy atom. The van der Waals surface area contributed by atoms with E-state index in [1.165, 1.54) is 38.9 Å². The Morgan fingerprint density at radius 1 is 0.487 bits per heavy atom. The molecule has 0 fully saturated rings. The fourth-order valence-corrected chi connectivity index (χ4v) is 6.82. The van der Waals surface area contributed by atoms with Gasteiger partial charge < -0.3 is 4.74 Å². The van der Waals surface area contributed by atoms with E-state index in [4.69, 9.17) is 15.6 Å². The summed E-state index contributed by atoms with van der Waals surface area (Å²) in [6, 6.07) is 41.9. The van der Waals surface area contributed by atoms with Crippen molar-refractivity contribution in [2.24, 2.45) is 0 Å². The lowest BCUT2D eigenvalue weighted by molar-refractivity contribution is 0.538. The smallest absolute Gasteiger partial charge is 0.221 e. The van der Waals surface area contributed by atoms with Gasteiger partial charge in [-0.2, -0.15) is 0 Å². The Hall–Kier alpha value is -4.76. The maximum absolute atomic E-state index is 8.72. The van der Waals surface area contributed by atoms with Gasteiger partial charge in [0.1, 0.15) is 0 Å². The molecule has 5 aromatic rings. The first-order chi connectivity index (χ1) is 18.9. The molecule has 188 valence electrons. The molecule has 0 atom stereocenters. The molecule has 0 heterocycles. The predicted octanol–water partition coefficient (Wildman–Crippen LogP) is 8.06. The average Bonchev–Trinajstić information content (AvgIpc) is 3.27. The lowest BCUT2D eigenvalue weighted by Crippen LogP contribution is -2.40. The molecule has 0 aromatic heterocycles. The van der Waals surface area contributed by atoms with E-state index in [0.29, 0.717) is 11.1 Å². The highest BCUT2D eigenvalue weighted by atomic mass is 16.5. The van der Waals surface area contributed by atoms with Crippen LogP contribution in [0.2, 0.25) is 0 Å². The van der Waals surface area contributed by atoms with Crippen LogP contribution in [0.15, 0.2) is 121 Å². The summed E-state index contributed by atoms with van der Waals surface area (Å²) < 4.78 is 5.71. The summed E-state index contributed by atoms with van der Waals surface area (Å²) in [6.45, 7) is 4.64. The van der Waals surface area contributed by atoms with Crippen molar-refractivity contribution < 1.29 is 4.74 Å². The standard InChI is InChI=1S/C36H28N2O/c1-35(2)29-16-8-10-18-31(29)36(32-19-11-9-17-30(32)35)27-15-7-6-14-25(27)26-22-24(20-21-28(26)36)34(38)39-33(37)23-12-4-3-5-13-23/h3-22,37-38H,1-2H3. The van der Waals surface area contributed by atoms with Crippen LogP contribution in [0.4, 0.5) is 0 Å². The molecule has 3 nitrogen and oxygen atoms in total. The van der Waals surface area contributed by atoms with Crippen LogP contribution in [0.25, 0.3) is 11.1 Å². The topological polar surface area (TPSA) is 56.9 Å². The summed E-state index contributed by atoms with van der Waals surface area (Å²) in [5.41, 5.74) is 10.8. The largest absolute Gasteiger partial charge is 0.421 e. The molecular formula is C36H28N2O. The van der Waals surface area contributed by atoms with Crippen molar-refractivity contribution in [3.05, 3.63) is 166 Å². The molecule has 3 heteroatoms. The molecule has 2 N–H and O–H groups in total. The molecule has 0 bridgehead atoms. The Balaban J connectivity index is 1.44. The van der Waals surface area contributed by atoms with Crippen molar-refractivity contribution in [1.29, 1.82) is 10.8 Å². The monoisotopic (exact) mass is 504 g/mol. The maximum Gasteiger partial charge on any atom is 0.221 e. The third-order valence-corrected chi connectivity index (χ3v) is 8.56. The molecule has 7 rings (SSSR count). The van der Waals surface area contributed by atoms with Crippen LogP contribution < -0.4 is 0 Å². The second-order valence-electron chi connectivity index (χ2n) is 10.9. The number of nitrogens with one attached hydrogen (secondary N) is 2. The SMILES string of the molecule is CC1(C)c2ccccc2C2(c3ccccc3-c3cc(C(=N)OC(=N)c4ccccc4)ccc32)c2ccccc21. The lowest BCUT2D eigenvalue weighted by Gasteiger charge is -2.46. The summed E-state index contributed by atoms with van der Waals surface area (Å²) in [4.78, 5) is 0. The van der Waals surface area contributed by atoms with Gasteiger partial charge in [-0.05, 0) is 68.8 Å². The van der Waals surface area contributed by atoms with Gasteiger partial charge in [-0.15, -0.1) is 0 Å². The van der Waals surface area contributed by atoms with E-state index in [9.17, 15) is 0 Å². The molecule has 0 unspecified atom stereocenters. The van der Waals surface area contributed by atoms with Gasteiger partial charge in [-0.25, -0.2) is 0 Å². The number of ether oxygens (including phenoxy) is 1. The van der Waals surface area contributed by atoms with Crippen LogP contribution in [0.3, 0.4) is 0 Å². The van der Waals surface area contributed by atoms with Gasteiger partial charge >= 0.3 is 0 Å². The number of hydrogen-bond donors (Lipinski definition) is 2. The molecule has 2 aliphatic carbocycles. The van der Waals surface area contributed by atoms with Gasteiger partial charge in [-0.3, -0.25) is 10.8 Å². The van der Waals surface area contributed by atoms with E-state index >= 15 is 0 Å². The van der Waals surface area contributed by atoms with Crippen LogP contribution >= 0.6 is 0 Å². The van der Waals surface area contributed by atoms with Gasteiger partial charge in [-0.1, -0.05) is 111 Å². The summed E-state index contributed by atoms with van der Waals surface area (Å²) in [5, 5.41) is 17.1. The highest BCUT2D eigenvalue weighted by Crippen LogP contribution is 2.61. The summed E-state index contributed by atoms with van der Waals surface area (Å²) >= 11 is 0. The van der Waals surface area contributed by atoms with Crippen LogP contribution in [0, 0.1) is 10.8 Å². The summed E-state index contributed by atoms with van der Waals surface area (Å²) in [5.74, 6) is -0.0639.